The molecule has 2 nitrogen and oxygen atoms in total. The summed E-state index contributed by atoms with van der Waals surface area (Å²) in [6.45, 7) is 0. The minimum atomic E-state index is -2.82. The highest BCUT2D eigenvalue weighted by Gasteiger charge is 2.15. The summed E-state index contributed by atoms with van der Waals surface area (Å²) < 4.78 is 9.37. The van der Waals surface area contributed by atoms with Crippen LogP contribution in [0.5, 0.6) is 5.75 Å². The van der Waals surface area contributed by atoms with E-state index in [4.69, 9.17) is 39.4 Å². The lowest BCUT2D eigenvalue weighted by Gasteiger charge is -2.10. The average molecular weight is 243 g/mol. The van der Waals surface area contributed by atoms with Gasteiger partial charge in [0.15, 0.2) is 0 Å². The van der Waals surface area contributed by atoms with Crippen LogP contribution >= 0.6 is 29.0 Å². The molecule has 1 rings (SSSR count). The van der Waals surface area contributed by atoms with Crippen molar-refractivity contribution in [3.8, 4) is 5.75 Å². The number of hydrogen-bond donors (Lipinski definition) is 0. The van der Waals surface area contributed by atoms with E-state index in [-0.39, 0.29) is 0 Å². The Hall–Kier alpha value is 0.210. The summed E-state index contributed by atoms with van der Waals surface area (Å²) in [5, 5.41) is 0. The van der Waals surface area contributed by atoms with Gasteiger partial charge in [0.2, 0.25) is 0 Å². The van der Waals surface area contributed by atoms with E-state index in [1.807, 2.05) is 6.07 Å². The fourth-order valence-corrected chi connectivity index (χ4v) is 1.60. The summed E-state index contributed by atoms with van der Waals surface area (Å²) in [4.78, 5) is 0. The third-order valence-corrected chi connectivity index (χ3v) is 3.54. The summed E-state index contributed by atoms with van der Waals surface area (Å²) in [6.07, 6.45) is 0. The van der Waals surface area contributed by atoms with Crippen LogP contribution in [-0.4, -0.2) is 0 Å². The first-order chi connectivity index (χ1) is 5.64. The fourth-order valence-electron chi connectivity index (χ4n) is 0.621. The molecule has 0 amide bonds. The topological polar surface area (TPSA) is 18.5 Å². The van der Waals surface area contributed by atoms with Gasteiger partial charge in [-0.3, -0.25) is 0 Å². The molecule has 0 saturated carbocycles. The second-order valence-electron chi connectivity index (χ2n) is 1.90. The van der Waals surface area contributed by atoms with Crippen LogP contribution in [0.2, 0.25) is 0 Å². The zero-order valence-electron chi connectivity index (χ0n) is 5.81. The highest BCUT2D eigenvalue weighted by Crippen LogP contribution is 2.54. The molecular formula is C6H5Cl2O2PS. The predicted octanol–water partition coefficient (Wildman–Crippen LogP) is 3.70. The predicted molar refractivity (Wildman–Crippen MR) is 54.1 cm³/mol. The van der Waals surface area contributed by atoms with E-state index in [2.05, 4.69) is 4.08 Å². The van der Waals surface area contributed by atoms with E-state index in [1.165, 1.54) is 0 Å². The monoisotopic (exact) mass is 242 g/mol. The van der Waals surface area contributed by atoms with Gasteiger partial charge in [-0.25, -0.2) is 0 Å². The highest BCUT2D eigenvalue weighted by atomic mass is 35.7. The summed E-state index contributed by atoms with van der Waals surface area (Å²) in [5.74, 6) is -2.27. The molecular weight excluding hydrogens is 238 g/mol. The minimum absolute atomic E-state index is 0.552. The first kappa shape index (κ1) is 10.3. The molecule has 0 N–H and O–H groups in total. The van der Waals surface area contributed by atoms with Gasteiger partial charge in [-0.1, -0.05) is 18.2 Å². The first-order valence-electron chi connectivity index (χ1n) is 2.99. The number of hydrogen-bond acceptors (Lipinski definition) is 3. The molecule has 1 unspecified atom stereocenters. The maximum atomic E-state index is 5.60. The third-order valence-electron chi connectivity index (χ3n) is 1.04. The van der Waals surface area contributed by atoms with Gasteiger partial charge in [-0.05, 0) is 35.2 Å². The van der Waals surface area contributed by atoms with Crippen LogP contribution in [0.3, 0.4) is 0 Å². The summed E-state index contributed by atoms with van der Waals surface area (Å²) in [7, 11) is 0. The average Bonchev–Trinajstić information content (AvgIpc) is 2.06. The summed E-state index contributed by atoms with van der Waals surface area (Å²) >= 11 is 15.4. The van der Waals surface area contributed by atoms with Gasteiger partial charge in [-0.2, -0.15) is 4.08 Å². The van der Waals surface area contributed by atoms with E-state index in [0.717, 1.165) is 0 Å². The maximum absolute atomic E-state index is 5.60. The normalized spacial score (nSPS) is 15.2. The molecule has 0 aliphatic rings. The van der Waals surface area contributed by atoms with Crippen LogP contribution in [-0.2, 0) is 15.9 Å². The Kier molecular flexibility index (Phi) is 3.81. The van der Waals surface area contributed by atoms with E-state index in [0.29, 0.717) is 5.75 Å². The largest absolute Gasteiger partial charge is 0.432 e. The molecule has 6 heteroatoms. The Balaban J connectivity index is 2.71. The Labute approximate surface area is 85.5 Å². The fraction of sp³-hybridized carbons (Fsp3) is 0. The van der Waals surface area contributed by atoms with Crippen LogP contribution in [0.25, 0.3) is 0 Å². The highest BCUT2D eigenvalue weighted by molar-refractivity contribution is 8.22. The number of benzene rings is 1. The number of para-hydroxylation sites is 1. The zero-order chi connectivity index (χ0) is 9.03. The van der Waals surface area contributed by atoms with Crippen molar-refractivity contribution in [3.63, 3.8) is 0 Å². The van der Waals surface area contributed by atoms with Crippen molar-refractivity contribution in [1.29, 1.82) is 0 Å². The molecule has 1 aromatic rings. The zero-order valence-corrected chi connectivity index (χ0v) is 9.04. The molecule has 0 aromatic heterocycles. The molecule has 1 atom stereocenters. The molecule has 0 radical (unpaired) electrons. The molecule has 0 fully saturated rings. The second-order valence-corrected chi connectivity index (χ2v) is 6.88. The maximum Gasteiger partial charge on any atom is 0.349 e. The van der Waals surface area contributed by atoms with E-state index in [9.17, 15) is 0 Å². The summed E-state index contributed by atoms with van der Waals surface area (Å²) in [6, 6.07) is 8.90. The van der Waals surface area contributed by atoms with E-state index >= 15 is 0 Å². The van der Waals surface area contributed by atoms with E-state index < -0.39 is 5.84 Å². The molecule has 0 saturated heterocycles. The Morgan fingerprint density at radius 1 is 1.25 bits per heavy atom. The van der Waals surface area contributed by atoms with Crippen LogP contribution in [0.4, 0.5) is 0 Å². The van der Waals surface area contributed by atoms with Crippen LogP contribution < -0.4 is 4.52 Å². The molecule has 0 aliphatic carbocycles. The molecule has 0 spiro atoms. The SMILES string of the molecule is S=P(Cl)(OCl)Oc1ccccc1. The lowest BCUT2D eigenvalue weighted by molar-refractivity contribution is 0.531. The summed E-state index contributed by atoms with van der Waals surface area (Å²) in [5.41, 5.74) is 0. The Morgan fingerprint density at radius 2 is 1.83 bits per heavy atom. The molecule has 0 aliphatic heterocycles. The van der Waals surface area contributed by atoms with Gasteiger partial charge in [-0.15, -0.1) is 0 Å². The van der Waals surface area contributed by atoms with Gasteiger partial charge < -0.3 is 4.52 Å². The number of halogens is 2. The third kappa shape index (κ3) is 3.30. The second kappa shape index (κ2) is 4.45. The first-order valence-corrected chi connectivity index (χ1v) is 6.84. The quantitative estimate of drug-likeness (QED) is 0.754. The smallest absolute Gasteiger partial charge is 0.349 e. The molecule has 12 heavy (non-hydrogen) atoms. The van der Waals surface area contributed by atoms with Crippen LogP contribution in [0.15, 0.2) is 30.3 Å². The van der Waals surface area contributed by atoms with Crippen LogP contribution in [0.1, 0.15) is 0 Å². The van der Waals surface area contributed by atoms with Gasteiger partial charge in [0.25, 0.3) is 0 Å². The standard InChI is InChI=1S/C6H5Cl2O2PS/c7-10-11(8,12)9-6-4-2-1-3-5-6/h1-5H. The lowest BCUT2D eigenvalue weighted by atomic mass is 10.3. The van der Waals surface area contributed by atoms with Crippen molar-refractivity contribution in [3.05, 3.63) is 30.3 Å². The Bertz CT molecular complexity index is 293. The van der Waals surface area contributed by atoms with Crippen molar-refractivity contribution < 1.29 is 8.60 Å². The number of rotatable bonds is 3. The van der Waals surface area contributed by atoms with Crippen molar-refractivity contribution in [2.24, 2.45) is 0 Å². The van der Waals surface area contributed by atoms with Crippen molar-refractivity contribution >= 4 is 40.8 Å². The molecule has 66 valence electrons. The minimum Gasteiger partial charge on any atom is -0.432 e. The van der Waals surface area contributed by atoms with E-state index in [1.54, 1.807) is 24.3 Å². The Morgan fingerprint density at radius 3 is 2.33 bits per heavy atom. The molecule has 0 heterocycles. The van der Waals surface area contributed by atoms with Crippen molar-refractivity contribution in [2.45, 2.75) is 0 Å². The van der Waals surface area contributed by atoms with Crippen molar-refractivity contribution in [1.82, 2.24) is 0 Å². The van der Waals surface area contributed by atoms with Crippen molar-refractivity contribution in [2.75, 3.05) is 0 Å². The van der Waals surface area contributed by atoms with Gasteiger partial charge in [0, 0.05) is 0 Å². The van der Waals surface area contributed by atoms with Gasteiger partial charge in [0.1, 0.15) is 5.75 Å². The molecule has 1 aromatic carbocycles. The lowest BCUT2D eigenvalue weighted by Crippen LogP contribution is -1.84. The van der Waals surface area contributed by atoms with Crippen LogP contribution in [0, 0.1) is 0 Å². The van der Waals surface area contributed by atoms with Gasteiger partial charge in [0.05, 0.1) is 11.9 Å². The molecule has 0 bridgehead atoms. The van der Waals surface area contributed by atoms with Gasteiger partial charge >= 0.3 is 5.84 Å².